The molecule has 0 bridgehead atoms. The second kappa shape index (κ2) is 5.12. The first-order valence-electron chi connectivity index (χ1n) is 4.62. The highest BCUT2D eigenvalue weighted by molar-refractivity contribution is 7.09. The monoisotopic (exact) mass is 197 g/mol. The molecule has 72 valence electrons. The zero-order chi connectivity index (χ0) is 9.68. The molecule has 3 heteroatoms. The number of aromatic nitrogens is 1. The number of rotatable bonds is 5. The summed E-state index contributed by atoms with van der Waals surface area (Å²) in [7, 11) is 0. The molecular weight excluding hydrogens is 182 g/mol. The predicted octanol–water partition coefficient (Wildman–Crippen LogP) is 2.69. The van der Waals surface area contributed by atoms with Gasteiger partial charge in [0.15, 0.2) is 0 Å². The molecule has 1 aromatic rings. The fourth-order valence-corrected chi connectivity index (χ4v) is 1.76. The molecule has 1 unspecified atom stereocenters. The van der Waals surface area contributed by atoms with Gasteiger partial charge in [0.1, 0.15) is 5.78 Å². The number of thiazole rings is 1. The fourth-order valence-electron chi connectivity index (χ4n) is 1.11. The molecule has 1 atom stereocenters. The topological polar surface area (TPSA) is 30.0 Å². The van der Waals surface area contributed by atoms with Crippen LogP contribution in [0.4, 0.5) is 0 Å². The molecule has 0 spiro atoms. The molecule has 0 N–H and O–H groups in total. The minimum atomic E-state index is 0.310. The SMILES string of the molecule is CCC(C)CC(=O)Cc1nccs1. The Morgan fingerprint density at radius 1 is 1.69 bits per heavy atom. The van der Waals surface area contributed by atoms with Crippen molar-refractivity contribution in [3.8, 4) is 0 Å². The summed E-state index contributed by atoms with van der Waals surface area (Å²) in [6.45, 7) is 4.22. The van der Waals surface area contributed by atoms with Crippen LogP contribution < -0.4 is 0 Å². The largest absolute Gasteiger partial charge is 0.299 e. The first kappa shape index (κ1) is 10.4. The van der Waals surface area contributed by atoms with E-state index in [1.54, 1.807) is 17.5 Å². The second-order valence-electron chi connectivity index (χ2n) is 3.36. The van der Waals surface area contributed by atoms with E-state index in [2.05, 4.69) is 18.8 Å². The van der Waals surface area contributed by atoms with Crippen LogP contribution in [0, 0.1) is 5.92 Å². The van der Waals surface area contributed by atoms with Gasteiger partial charge in [-0.1, -0.05) is 20.3 Å². The van der Waals surface area contributed by atoms with Crippen LogP contribution in [-0.4, -0.2) is 10.8 Å². The Morgan fingerprint density at radius 2 is 2.46 bits per heavy atom. The number of carbonyl (C=O) groups is 1. The van der Waals surface area contributed by atoms with Gasteiger partial charge in [-0.25, -0.2) is 4.98 Å². The lowest BCUT2D eigenvalue weighted by Gasteiger charge is -2.05. The molecule has 0 aliphatic rings. The van der Waals surface area contributed by atoms with Crippen molar-refractivity contribution in [2.75, 3.05) is 0 Å². The Hall–Kier alpha value is -0.700. The fraction of sp³-hybridized carbons (Fsp3) is 0.600. The van der Waals surface area contributed by atoms with Crippen LogP contribution in [-0.2, 0) is 11.2 Å². The van der Waals surface area contributed by atoms with Crippen molar-refractivity contribution in [1.82, 2.24) is 4.98 Å². The minimum absolute atomic E-state index is 0.310. The lowest BCUT2D eigenvalue weighted by molar-refractivity contribution is -0.119. The number of ketones is 1. The lowest BCUT2D eigenvalue weighted by Crippen LogP contribution is -2.07. The van der Waals surface area contributed by atoms with E-state index in [-0.39, 0.29) is 0 Å². The van der Waals surface area contributed by atoms with Gasteiger partial charge in [0.25, 0.3) is 0 Å². The third kappa shape index (κ3) is 3.68. The Kier molecular flexibility index (Phi) is 4.09. The quantitative estimate of drug-likeness (QED) is 0.726. The third-order valence-corrected chi connectivity index (χ3v) is 2.88. The van der Waals surface area contributed by atoms with Crippen molar-refractivity contribution in [1.29, 1.82) is 0 Å². The maximum absolute atomic E-state index is 11.4. The number of Topliss-reactive ketones (excluding diaryl/α,β-unsaturated/α-hetero) is 1. The van der Waals surface area contributed by atoms with E-state index in [1.807, 2.05) is 5.38 Å². The van der Waals surface area contributed by atoms with Gasteiger partial charge >= 0.3 is 0 Å². The van der Waals surface area contributed by atoms with E-state index in [4.69, 9.17) is 0 Å². The lowest BCUT2D eigenvalue weighted by atomic mass is 10.0. The number of hydrogen-bond donors (Lipinski definition) is 0. The third-order valence-electron chi connectivity index (χ3n) is 2.10. The summed E-state index contributed by atoms with van der Waals surface area (Å²) in [5.74, 6) is 0.816. The average molecular weight is 197 g/mol. The summed E-state index contributed by atoms with van der Waals surface area (Å²) >= 11 is 1.55. The van der Waals surface area contributed by atoms with Crippen molar-refractivity contribution >= 4 is 17.1 Å². The zero-order valence-corrected chi connectivity index (χ0v) is 8.93. The smallest absolute Gasteiger partial charge is 0.139 e. The molecular formula is C10H15NOS. The van der Waals surface area contributed by atoms with Crippen LogP contribution in [0.2, 0.25) is 0 Å². The molecule has 1 rings (SSSR count). The zero-order valence-electron chi connectivity index (χ0n) is 8.12. The molecule has 0 saturated heterocycles. The highest BCUT2D eigenvalue weighted by Gasteiger charge is 2.09. The van der Waals surface area contributed by atoms with Gasteiger partial charge < -0.3 is 0 Å². The molecule has 0 aromatic carbocycles. The van der Waals surface area contributed by atoms with Crippen molar-refractivity contribution in [3.63, 3.8) is 0 Å². The molecule has 0 saturated carbocycles. The summed E-state index contributed by atoms with van der Waals surface area (Å²) < 4.78 is 0. The summed E-state index contributed by atoms with van der Waals surface area (Å²) in [6.07, 6.45) is 4.03. The van der Waals surface area contributed by atoms with E-state index in [0.29, 0.717) is 24.5 Å². The molecule has 0 aliphatic carbocycles. The highest BCUT2D eigenvalue weighted by Crippen LogP contribution is 2.11. The molecule has 2 nitrogen and oxygen atoms in total. The van der Waals surface area contributed by atoms with E-state index >= 15 is 0 Å². The summed E-state index contributed by atoms with van der Waals surface area (Å²) in [5, 5.41) is 2.85. The Labute approximate surface area is 83.0 Å². The van der Waals surface area contributed by atoms with Crippen molar-refractivity contribution < 1.29 is 4.79 Å². The van der Waals surface area contributed by atoms with Crippen LogP contribution in [0.25, 0.3) is 0 Å². The van der Waals surface area contributed by atoms with Gasteiger partial charge in [0.2, 0.25) is 0 Å². The molecule has 13 heavy (non-hydrogen) atoms. The van der Waals surface area contributed by atoms with Gasteiger partial charge in [-0.3, -0.25) is 4.79 Å². The van der Waals surface area contributed by atoms with E-state index < -0.39 is 0 Å². The highest BCUT2D eigenvalue weighted by atomic mass is 32.1. The number of nitrogens with zero attached hydrogens (tertiary/aromatic N) is 1. The Balaban J connectivity index is 2.34. The van der Waals surface area contributed by atoms with Crippen LogP contribution in [0.15, 0.2) is 11.6 Å². The van der Waals surface area contributed by atoms with Gasteiger partial charge in [0, 0.05) is 18.0 Å². The van der Waals surface area contributed by atoms with Crippen molar-refractivity contribution in [3.05, 3.63) is 16.6 Å². The standard InChI is InChI=1S/C10H15NOS/c1-3-8(2)6-9(12)7-10-11-4-5-13-10/h4-5,8H,3,6-7H2,1-2H3. The normalized spacial score (nSPS) is 12.8. The van der Waals surface area contributed by atoms with E-state index in [9.17, 15) is 4.79 Å². The van der Waals surface area contributed by atoms with E-state index in [0.717, 1.165) is 11.4 Å². The van der Waals surface area contributed by atoms with Gasteiger partial charge in [-0.05, 0) is 5.92 Å². The first-order chi connectivity index (χ1) is 6.22. The summed E-state index contributed by atoms with van der Waals surface area (Å²) in [6, 6.07) is 0. The maximum Gasteiger partial charge on any atom is 0.139 e. The number of carbonyl (C=O) groups excluding carboxylic acids is 1. The molecule has 0 fully saturated rings. The van der Waals surface area contributed by atoms with Crippen LogP contribution in [0.1, 0.15) is 31.7 Å². The summed E-state index contributed by atoms with van der Waals surface area (Å²) in [4.78, 5) is 15.5. The average Bonchev–Trinajstić information content (AvgIpc) is 2.56. The summed E-state index contributed by atoms with van der Waals surface area (Å²) in [5.41, 5.74) is 0. The predicted molar refractivity (Wildman–Crippen MR) is 54.9 cm³/mol. The minimum Gasteiger partial charge on any atom is -0.299 e. The second-order valence-corrected chi connectivity index (χ2v) is 4.34. The van der Waals surface area contributed by atoms with Gasteiger partial charge in [0.05, 0.1) is 11.4 Å². The Morgan fingerprint density at radius 3 is 3.00 bits per heavy atom. The maximum atomic E-state index is 11.4. The number of hydrogen-bond acceptors (Lipinski definition) is 3. The molecule has 1 aromatic heterocycles. The first-order valence-corrected chi connectivity index (χ1v) is 5.50. The van der Waals surface area contributed by atoms with E-state index in [1.165, 1.54) is 0 Å². The van der Waals surface area contributed by atoms with Gasteiger partial charge in [-0.2, -0.15) is 0 Å². The molecule has 1 heterocycles. The van der Waals surface area contributed by atoms with Crippen LogP contribution in [0.3, 0.4) is 0 Å². The van der Waals surface area contributed by atoms with Crippen LogP contribution >= 0.6 is 11.3 Å². The van der Waals surface area contributed by atoms with Crippen molar-refractivity contribution in [2.24, 2.45) is 5.92 Å². The molecule has 0 radical (unpaired) electrons. The van der Waals surface area contributed by atoms with Crippen molar-refractivity contribution in [2.45, 2.75) is 33.1 Å². The Bertz CT molecular complexity index is 256. The van der Waals surface area contributed by atoms with Gasteiger partial charge in [-0.15, -0.1) is 11.3 Å². The van der Waals surface area contributed by atoms with Crippen LogP contribution in [0.5, 0.6) is 0 Å². The molecule has 0 amide bonds. The molecule has 0 aliphatic heterocycles.